The van der Waals surface area contributed by atoms with Gasteiger partial charge in [0.2, 0.25) is 0 Å². The average molecular weight is 278 g/mol. The van der Waals surface area contributed by atoms with E-state index in [2.05, 4.69) is 0 Å². The van der Waals surface area contributed by atoms with Crippen molar-refractivity contribution in [3.05, 3.63) is 54.0 Å². The largest absolute Gasteiger partial charge is 0.468 e. The number of carbonyl (C=O) groups excluding carboxylic acids is 1. The van der Waals surface area contributed by atoms with Gasteiger partial charge in [0.25, 0.3) is 0 Å². The molecule has 0 aliphatic heterocycles. The number of hydrogen-bond donors (Lipinski definition) is 0. The van der Waals surface area contributed by atoms with Crippen LogP contribution in [0.15, 0.2) is 52.0 Å². The minimum atomic E-state index is 0.166. The van der Waals surface area contributed by atoms with Crippen LogP contribution in [0, 0.1) is 0 Å². The Morgan fingerprint density at radius 3 is 2.61 bits per heavy atom. The summed E-state index contributed by atoms with van der Waals surface area (Å²) < 4.78 is 5.22. The van der Waals surface area contributed by atoms with Gasteiger partial charge >= 0.3 is 0 Å². The van der Waals surface area contributed by atoms with E-state index >= 15 is 0 Å². The minimum absolute atomic E-state index is 0.166. The van der Waals surface area contributed by atoms with Crippen LogP contribution in [0.1, 0.15) is 16.1 Å². The van der Waals surface area contributed by atoms with Gasteiger partial charge in [-0.3, -0.25) is 4.79 Å². The van der Waals surface area contributed by atoms with Gasteiger partial charge in [-0.05, 0) is 30.5 Å². The molecule has 0 bridgehead atoms. The topological polar surface area (TPSA) is 30.2 Å². The lowest BCUT2D eigenvalue weighted by Gasteiger charge is -2.01. The SMILES string of the molecule is CSc1ccc(C(=O)CSCc2ccco2)cc1. The fourth-order valence-corrected chi connectivity index (χ4v) is 2.73. The van der Waals surface area contributed by atoms with Crippen molar-refractivity contribution in [3.8, 4) is 0 Å². The number of benzene rings is 1. The summed E-state index contributed by atoms with van der Waals surface area (Å²) in [6.07, 6.45) is 3.68. The van der Waals surface area contributed by atoms with Gasteiger partial charge in [0.15, 0.2) is 5.78 Å². The molecule has 2 nitrogen and oxygen atoms in total. The van der Waals surface area contributed by atoms with Gasteiger partial charge in [0, 0.05) is 10.5 Å². The molecular formula is C14H14O2S2. The molecule has 0 spiro atoms. The first-order chi connectivity index (χ1) is 8.79. The van der Waals surface area contributed by atoms with E-state index < -0.39 is 0 Å². The van der Waals surface area contributed by atoms with Crippen LogP contribution in [-0.4, -0.2) is 17.8 Å². The van der Waals surface area contributed by atoms with Crippen molar-refractivity contribution < 1.29 is 9.21 Å². The number of carbonyl (C=O) groups is 1. The molecule has 1 heterocycles. The van der Waals surface area contributed by atoms with E-state index in [0.717, 1.165) is 17.1 Å². The van der Waals surface area contributed by atoms with Gasteiger partial charge in [0.1, 0.15) is 5.76 Å². The zero-order chi connectivity index (χ0) is 12.8. The highest BCUT2D eigenvalue weighted by atomic mass is 32.2. The normalized spacial score (nSPS) is 10.5. The molecule has 0 aliphatic rings. The van der Waals surface area contributed by atoms with Crippen molar-refractivity contribution >= 4 is 29.3 Å². The summed E-state index contributed by atoms with van der Waals surface area (Å²) >= 11 is 3.25. The maximum Gasteiger partial charge on any atom is 0.172 e. The number of hydrogen-bond acceptors (Lipinski definition) is 4. The molecule has 0 aliphatic carbocycles. The van der Waals surface area contributed by atoms with Crippen LogP contribution in [0.4, 0.5) is 0 Å². The summed E-state index contributed by atoms with van der Waals surface area (Å²) in [7, 11) is 0. The predicted molar refractivity (Wildman–Crippen MR) is 77.4 cm³/mol. The smallest absolute Gasteiger partial charge is 0.172 e. The Labute approximate surface area is 115 Å². The number of thioether (sulfide) groups is 2. The molecule has 0 atom stereocenters. The predicted octanol–water partition coefficient (Wildman–Crippen LogP) is 4.12. The monoisotopic (exact) mass is 278 g/mol. The number of furan rings is 1. The van der Waals surface area contributed by atoms with Crippen molar-refractivity contribution in [3.63, 3.8) is 0 Å². The van der Waals surface area contributed by atoms with Gasteiger partial charge in [-0.1, -0.05) is 12.1 Å². The van der Waals surface area contributed by atoms with Crippen molar-refractivity contribution in [1.82, 2.24) is 0 Å². The highest BCUT2D eigenvalue weighted by Crippen LogP contribution is 2.17. The van der Waals surface area contributed by atoms with Crippen LogP contribution in [0.25, 0.3) is 0 Å². The lowest BCUT2D eigenvalue weighted by Crippen LogP contribution is -2.02. The molecule has 0 saturated heterocycles. The second-order valence-electron chi connectivity index (χ2n) is 3.72. The third-order valence-electron chi connectivity index (χ3n) is 2.47. The fraction of sp³-hybridized carbons (Fsp3) is 0.214. The van der Waals surface area contributed by atoms with Crippen LogP contribution in [0.5, 0.6) is 0 Å². The van der Waals surface area contributed by atoms with Crippen molar-refractivity contribution in [1.29, 1.82) is 0 Å². The van der Waals surface area contributed by atoms with E-state index in [4.69, 9.17) is 4.42 Å². The summed E-state index contributed by atoms with van der Waals surface area (Å²) in [5.41, 5.74) is 0.778. The Balaban J connectivity index is 1.83. The van der Waals surface area contributed by atoms with Gasteiger partial charge < -0.3 is 4.42 Å². The molecule has 18 heavy (non-hydrogen) atoms. The van der Waals surface area contributed by atoms with Crippen molar-refractivity contribution in [2.45, 2.75) is 10.6 Å². The summed E-state index contributed by atoms with van der Waals surface area (Å²) in [6, 6.07) is 11.5. The second kappa shape index (κ2) is 6.71. The standard InChI is InChI=1S/C14H14O2S2/c1-17-13-6-4-11(5-7-13)14(15)10-18-9-12-3-2-8-16-12/h2-8H,9-10H2,1H3. The lowest BCUT2D eigenvalue weighted by molar-refractivity contribution is 0.102. The summed E-state index contributed by atoms with van der Waals surface area (Å²) in [4.78, 5) is 13.1. The molecule has 4 heteroatoms. The van der Waals surface area contributed by atoms with E-state index in [1.165, 1.54) is 4.90 Å². The third-order valence-corrected chi connectivity index (χ3v) is 4.17. The first kappa shape index (κ1) is 13.3. The van der Waals surface area contributed by atoms with Gasteiger partial charge in [0.05, 0.1) is 17.8 Å². The molecular weight excluding hydrogens is 264 g/mol. The number of Topliss-reactive ketones (excluding diaryl/α,β-unsaturated/α-hetero) is 1. The van der Waals surface area contributed by atoms with Gasteiger partial charge in [-0.2, -0.15) is 0 Å². The van der Waals surface area contributed by atoms with Crippen LogP contribution in [0.3, 0.4) is 0 Å². The first-order valence-electron chi connectivity index (χ1n) is 5.57. The van der Waals surface area contributed by atoms with Gasteiger partial charge in [-0.15, -0.1) is 23.5 Å². The van der Waals surface area contributed by atoms with Crippen LogP contribution >= 0.6 is 23.5 Å². The van der Waals surface area contributed by atoms with Gasteiger partial charge in [-0.25, -0.2) is 0 Å². The molecule has 0 fully saturated rings. The van der Waals surface area contributed by atoms with Crippen molar-refractivity contribution in [2.24, 2.45) is 0 Å². The Morgan fingerprint density at radius 1 is 1.22 bits per heavy atom. The van der Waals surface area contributed by atoms with Crippen LogP contribution in [-0.2, 0) is 5.75 Å². The Morgan fingerprint density at radius 2 is 2.00 bits per heavy atom. The van der Waals surface area contributed by atoms with E-state index in [-0.39, 0.29) is 5.78 Å². The summed E-state index contributed by atoms with van der Waals surface area (Å²) in [6.45, 7) is 0. The molecule has 0 unspecified atom stereocenters. The van der Waals surface area contributed by atoms with Crippen LogP contribution < -0.4 is 0 Å². The molecule has 1 aromatic heterocycles. The van der Waals surface area contributed by atoms with E-state index in [1.54, 1.807) is 29.8 Å². The third kappa shape index (κ3) is 3.68. The van der Waals surface area contributed by atoms with E-state index in [9.17, 15) is 4.79 Å². The summed E-state index contributed by atoms with van der Waals surface area (Å²) in [5.74, 6) is 2.30. The molecule has 0 N–H and O–H groups in total. The molecule has 0 radical (unpaired) electrons. The molecule has 94 valence electrons. The Hall–Kier alpha value is -1.13. The molecule has 2 aromatic rings. The quantitative estimate of drug-likeness (QED) is 0.587. The number of rotatable bonds is 6. The fourth-order valence-electron chi connectivity index (χ4n) is 1.50. The molecule has 0 amide bonds. The van der Waals surface area contributed by atoms with E-state index in [0.29, 0.717) is 5.75 Å². The lowest BCUT2D eigenvalue weighted by atomic mass is 10.1. The average Bonchev–Trinajstić information content (AvgIpc) is 2.92. The highest BCUT2D eigenvalue weighted by molar-refractivity contribution is 7.99. The zero-order valence-corrected chi connectivity index (χ0v) is 11.7. The van der Waals surface area contributed by atoms with E-state index in [1.807, 2.05) is 42.7 Å². The molecule has 2 rings (SSSR count). The minimum Gasteiger partial charge on any atom is -0.468 e. The highest BCUT2D eigenvalue weighted by Gasteiger charge is 2.06. The van der Waals surface area contributed by atoms with Crippen LogP contribution in [0.2, 0.25) is 0 Å². The van der Waals surface area contributed by atoms with Crippen molar-refractivity contribution in [2.75, 3.05) is 12.0 Å². The Kier molecular flexibility index (Phi) is 4.96. The zero-order valence-electron chi connectivity index (χ0n) is 10.1. The molecule has 1 aromatic carbocycles. The molecule has 0 saturated carbocycles. The Bertz CT molecular complexity index is 489. The number of ketones is 1. The maximum absolute atomic E-state index is 11.9. The summed E-state index contributed by atoms with van der Waals surface area (Å²) in [5, 5.41) is 0. The maximum atomic E-state index is 11.9. The first-order valence-corrected chi connectivity index (χ1v) is 7.95. The second-order valence-corrected chi connectivity index (χ2v) is 5.59.